The maximum atomic E-state index is 4.64. The third kappa shape index (κ3) is 3.62. The fourth-order valence-electron chi connectivity index (χ4n) is 0.253. The minimum Gasteiger partial charge on any atom is -0.245 e. The van der Waals surface area contributed by atoms with Crippen LogP contribution in [-0.2, 0) is 0 Å². The molecule has 0 fully saturated rings. The van der Waals surface area contributed by atoms with Gasteiger partial charge in [0.1, 0.15) is 6.33 Å². The smallest absolute Gasteiger partial charge is 0.215 e. The Labute approximate surface area is 54.2 Å². The van der Waals surface area contributed by atoms with Crippen molar-refractivity contribution in [2.75, 3.05) is 0 Å². The number of halogens is 1. The van der Waals surface area contributed by atoms with Crippen LogP contribution >= 0.6 is 11.5 Å². The number of rotatable bonds is 0. The number of hydrogen-bond acceptors (Lipinski definition) is 2. The van der Waals surface area contributed by atoms with Gasteiger partial charge in [0.25, 0.3) is 0 Å². The van der Waals surface area contributed by atoms with Gasteiger partial charge < -0.3 is 0 Å². The lowest BCUT2D eigenvalue weighted by Crippen LogP contribution is -1.66. The van der Waals surface area contributed by atoms with E-state index < -0.39 is 0 Å². The Morgan fingerprint density at radius 2 is 1.62 bits per heavy atom. The maximum Gasteiger partial charge on any atom is 0.215 e. The molecule has 0 aliphatic carbocycles. The maximum absolute atomic E-state index is 4.64. The average Bonchev–Trinajstić information content (AvgIpc) is 1.96. The Morgan fingerprint density at radius 3 is 1.75 bits per heavy atom. The topological polar surface area (TPSA) is 25.8 Å². The molecule has 2 nitrogen and oxygen atoms in total. The van der Waals surface area contributed by atoms with Gasteiger partial charge in [-0.05, 0) is 6.07 Å². The van der Waals surface area contributed by atoms with Crippen molar-refractivity contribution >= 4 is 18.7 Å². The largest absolute Gasteiger partial charge is 0.245 e. The van der Waals surface area contributed by atoms with Crippen molar-refractivity contribution in [1.82, 2.24) is 9.97 Å². The molecule has 1 heterocycles. The van der Waals surface area contributed by atoms with Crippen molar-refractivity contribution in [1.29, 1.82) is 0 Å². The summed E-state index contributed by atoms with van der Waals surface area (Å²) in [7, 11) is 1.47. The Balaban J connectivity index is 0.000000222. The van der Waals surface area contributed by atoms with Crippen LogP contribution in [0, 0.1) is 0 Å². The SMILES string of the molecule is BCl.c1cncnc1. The van der Waals surface area contributed by atoms with E-state index in [1.807, 2.05) is 0 Å². The van der Waals surface area contributed by atoms with Crippen molar-refractivity contribution < 1.29 is 0 Å². The third-order valence-corrected chi connectivity index (χ3v) is 0.478. The first-order valence-corrected chi connectivity index (χ1v) is 2.83. The summed E-state index contributed by atoms with van der Waals surface area (Å²) in [4.78, 5) is 7.35. The summed E-state index contributed by atoms with van der Waals surface area (Å²) < 4.78 is 0. The van der Waals surface area contributed by atoms with Gasteiger partial charge in [-0.3, -0.25) is 0 Å². The van der Waals surface area contributed by atoms with E-state index in [0.717, 1.165) is 0 Å². The first-order chi connectivity index (χ1) is 4.00. The Bertz CT molecular complexity index is 86.0. The van der Waals surface area contributed by atoms with Gasteiger partial charge in [-0.2, -0.15) is 0 Å². The number of nitrogens with zero attached hydrogens (tertiary/aromatic N) is 2. The summed E-state index contributed by atoms with van der Waals surface area (Å²) in [5, 5.41) is 0. The second kappa shape index (κ2) is 6.43. The summed E-state index contributed by atoms with van der Waals surface area (Å²) >= 11 is 4.64. The standard InChI is InChI=1S/C4H4N2.BClH2/c1-2-5-4-6-3-1;1-2/h1-4H;1H2. The molecule has 0 saturated carbocycles. The molecular weight excluding hydrogens is 122 g/mol. The first-order valence-electron chi connectivity index (χ1n) is 2.08. The van der Waals surface area contributed by atoms with Crippen LogP contribution < -0.4 is 0 Å². The van der Waals surface area contributed by atoms with Crippen LogP contribution in [0.4, 0.5) is 0 Å². The molecule has 0 radical (unpaired) electrons. The highest BCUT2D eigenvalue weighted by atomic mass is 35.5. The van der Waals surface area contributed by atoms with Gasteiger partial charge in [0.15, 0.2) is 0 Å². The fraction of sp³-hybridized carbons (Fsp3) is 0. The molecule has 0 aromatic carbocycles. The van der Waals surface area contributed by atoms with E-state index in [2.05, 4.69) is 21.4 Å². The average molecular weight is 128 g/mol. The summed E-state index contributed by atoms with van der Waals surface area (Å²) in [6.07, 6.45) is 4.88. The van der Waals surface area contributed by atoms with E-state index in [9.17, 15) is 0 Å². The highest BCUT2D eigenvalue weighted by molar-refractivity contribution is 6.80. The van der Waals surface area contributed by atoms with Crippen molar-refractivity contribution in [3.05, 3.63) is 24.8 Å². The van der Waals surface area contributed by atoms with E-state index >= 15 is 0 Å². The molecule has 0 unspecified atom stereocenters. The van der Waals surface area contributed by atoms with Crippen LogP contribution in [0.2, 0.25) is 0 Å². The monoisotopic (exact) mass is 128 g/mol. The molecule has 0 N–H and O–H groups in total. The quantitative estimate of drug-likeness (QED) is 0.468. The van der Waals surface area contributed by atoms with Gasteiger partial charge in [0, 0.05) is 12.4 Å². The second-order valence-electron chi connectivity index (χ2n) is 0.904. The number of hydrogen-bond donors (Lipinski definition) is 0. The summed E-state index contributed by atoms with van der Waals surface area (Å²) in [5.41, 5.74) is 0. The van der Waals surface area contributed by atoms with Crippen LogP contribution in [0.15, 0.2) is 24.8 Å². The molecular formula is C4H6BClN2. The molecule has 42 valence electrons. The lowest BCUT2D eigenvalue weighted by molar-refractivity contribution is 1.17. The van der Waals surface area contributed by atoms with Gasteiger partial charge in [-0.25, -0.2) is 21.4 Å². The second-order valence-corrected chi connectivity index (χ2v) is 0.904. The van der Waals surface area contributed by atoms with Crippen LogP contribution in [0.1, 0.15) is 0 Å². The van der Waals surface area contributed by atoms with E-state index in [1.165, 1.54) is 13.6 Å². The van der Waals surface area contributed by atoms with Crippen molar-refractivity contribution in [2.24, 2.45) is 0 Å². The molecule has 0 spiro atoms. The zero-order chi connectivity index (χ0) is 6.24. The normalized spacial score (nSPS) is 6.62. The molecule has 0 atom stereocenters. The van der Waals surface area contributed by atoms with Crippen LogP contribution in [0.3, 0.4) is 0 Å². The van der Waals surface area contributed by atoms with E-state index in [4.69, 9.17) is 0 Å². The summed E-state index contributed by atoms with van der Waals surface area (Å²) in [6.45, 7) is 0. The van der Waals surface area contributed by atoms with Gasteiger partial charge in [-0.1, -0.05) is 0 Å². The van der Waals surface area contributed by atoms with Crippen molar-refractivity contribution in [3.63, 3.8) is 0 Å². The third-order valence-electron chi connectivity index (χ3n) is 0.478. The highest BCUT2D eigenvalue weighted by Gasteiger charge is 1.59. The minimum absolute atomic E-state index is 1.47. The van der Waals surface area contributed by atoms with Crippen LogP contribution in [0.5, 0.6) is 0 Å². The molecule has 0 aliphatic heterocycles. The predicted octanol–water partition coefficient (Wildman–Crippen LogP) is 0.250. The molecule has 0 amide bonds. The van der Waals surface area contributed by atoms with Crippen LogP contribution in [0.25, 0.3) is 0 Å². The molecule has 1 rings (SSSR count). The minimum atomic E-state index is 1.47. The molecule has 8 heavy (non-hydrogen) atoms. The van der Waals surface area contributed by atoms with E-state index in [0.29, 0.717) is 0 Å². The van der Waals surface area contributed by atoms with Gasteiger partial charge in [0.2, 0.25) is 7.26 Å². The molecule has 0 aliphatic rings. The fourth-order valence-corrected chi connectivity index (χ4v) is 0.253. The summed E-state index contributed by atoms with van der Waals surface area (Å²) in [6, 6.07) is 1.78. The Kier molecular flexibility index (Phi) is 5.98. The predicted molar refractivity (Wildman–Crippen MR) is 36.4 cm³/mol. The van der Waals surface area contributed by atoms with Gasteiger partial charge in [-0.15, -0.1) is 0 Å². The lowest BCUT2D eigenvalue weighted by Gasteiger charge is -1.70. The first kappa shape index (κ1) is 7.43. The molecule has 4 heteroatoms. The van der Waals surface area contributed by atoms with Gasteiger partial charge >= 0.3 is 0 Å². The molecule has 0 saturated heterocycles. The lowest BCUT2D eigenvalue weighted by atomic mass is 10.7. The summed E-state index contributed by atoms with van der Waals surface area (Å²) in [5.74, 6) is 0. The Hall–Kier alpha value is -0.565. The zero-order valence-corrected chi connectivity index (χ0v) is 5.34. The molecule has 0 bridgehead atoms. The molecule has 1 aromatic rings. The van der Waals surface area contributed by atoms with Crippen molar-refractivity contribution in [2.45, 2.75) is 0 Å². The number of aromatic nitrogens is 2. The highest BCUT2D eigenvalue weighted by Crippen LogP contribution is 1.66. The molecule has 1 aromatic heterocycles. The Morgan fingerprint density at radius 1 is 1.12 bits per heavy atom. The van der Waals surface area contributed by atoms with Gasteiger partial charge in [0.05, 0.1) is 0 Å². The zero-order valence-electron chi connectivity index (χ0n) is 4.58. The van der Waals surface area contributed by atoms with E-state index in [-0.39, 0.29) is 0 Å². The van der Waals surface area contributed by atoms with E-state index in [1.54, 1.807) is 18.5 Å². The van der Waals surface area contributed by atoms with Crippen LogP contribution in [-0.4, -0.2) is 17.2 Å². The van der Waals surface area contributed by atoms with Crippen molar-refractivity contribution in [3.8, 4) is 0 Å².